The van der Waals surface area contributed by atoms with Crippen molar-refractivity contribution >= 4 is 56.5 Å². The van der Waals surface area contributed by atoms with E-state index in [0.29, 0.717) is 5.56 Å². The van der Waals surface area contributed by atoms with Crippen LogP contribution in [-0.2, 0) is 10.5 Å². The number of nitrogens with one attached hydrogen (secondary N) is 2. The Balaban J connectivity index is 1.57. The van der Waals surface area contributed by atoms with Gasteiger partial charge in [-0.3, -0.25) is 9.59 Å². The first-order valence-electron chi connectivity index (χ1n) is 8.61. The number of amides is 2. The summed E-state index contributed by atoms with van der Waals surface area (Å²) in [6.07, 6.45) is 0. The van der Waals surface area contributed by atoms with Gasteiger partial charge in [0.05, 0.1) is 12.1 Å². The zero-order valence-electron chi connectivity index (χ0n) is 15.2. The Bertz CT molecular complexity index is 974. The smallest absolute Gasteiger partial charge is 0.252 e. The maximum absolute atomic E-state index is 12.6. The van der Waals surface area contributed by atoms with E-state index in [1.807, 2.05) is 54.8 Å². The van der Waals surface area contributed by atoms with Crippen LogP contribution in [0.1, 0.15) is 20.8 Å². The predicted octanol–water partition coefficient (Wildman–Crippen LogP) is 5.48. The molecular weight excluding hydrogens is 456 g/mol. The second kappa shape index (κ2) is 9.91. The lowest BCUT2D eigenvalue weighted by Crippen LogP contribution is -2.33. The number of thioether (sulfide) groups is 1. The Morgan fingerprint density at radius 3 is 2.68 bits per heavy atom. The van der Waals surface area contributed by atoms with E-state index in [2.05, 4.69) is 32.6 Å². The minimum absolute atomic E-state index is 0.0851. The minimum atomic E-state index is -0.262. The van der Waals surface area contributed by atoms with Crippen molar-refractivity contribution in [2.24, 2.45) is 0 Å². The summed E-state index contributed by atoms with van der Waals surface area (Å²) in [4.78, 5) is 27.0. The van der Waals surface area contributed by atoms with Gasteiger partial charge in [-0.1, -0.05) is 34.1 Å². The Labute approximate surface area is 180 Å². The highest BCUT2D eigenvalue weighted by Crippen LogP contribution is 2.28. The van der Waals surface area contributed by atoms with Crippen LogP contribution in [-0.4, -0.2) is 18.4 Å². The van der Waals surface area contributed by atoms with Crippen LogP contribution in [0.3, 0.4) is 0 Å². The standard InChI is InChI=1S/C21H19BrN2O2S2/c1-14-11-15(22)8-9-18(14)24-20(25)12-23-21(26)17-6-2-3-7-19(17)28-13-16-5-4-10-27-16/h2-11H,12-13H2,1H3,(H,23,26)(H,24,25). The molecular formula is C21H19BrN2O2S2. The molecule has 0 atom stereocenters. The zero-order valence-corrected chi connectivity index (χ0v) is 18.4. The van der Waals surface area contributed by atoms with Crippen LogP contribution >= 0.6 is 39.0 Å². The molecule has 4 nitrogen and oxygen atoms in total. The van der Waals surface area contributed by atoms with Gasteiger partial charge in [0.25, 0.3) is 5.91 Å². The number of aryl methyl sites for hydroxylation is 1. The van der Waals surface area contributed by atoms with Crippen molar-refractivity contribution < 1.29 is 9.59 Å². The number of carbonyl (C=O) groups is 2. The molecule has 2 N–H and O–H groups in total. The van der Waals surface area contributed by atoms with Gasteiger partial charge in [0, 0.05) is 25.7 Å². The average molecular weight is 475 g/mol. The lowest BCUT2D eigenvalue weighted by molar-refractivity contribution is -0.115. The van der Waals surface area contributed by atoms with E-state index >= 15 is 0 Å². The van der Waals surface area contributed by atoms with Crippen molar-refractivity contribution in [1.82, 2.24) is 5.32 Å². The summed E-state index contributed by atoms with van der Waals surface area (Å²) in [6.45, 7) is 1.83. The highest BCUT2D eigenvalue weighted by molar-refractivity contribution is 9.10. The second-order valence-electron chi connectivity index (χ2n) is 6.05. The van der Waals surface area contributed by atoms with Crippen LogP contribution < -0.4 is 10.6 Å². The van der Waals surface area contributed by atoms with Gasteiger partial charge in [0.1, 0.15) is 0 Å². The molecule has 7 heteroatoms. The number of rotatable bonds is 7. The van der Waals surface area contributed by atoms with Gasteiger partial charge in [-0.25, -0.2) is 0 Å². The van der Waals surface area contributed by atoms with Crippen molar-refractivity contribution in [2.75, 3.05) is 11.9 Å². The van der Waals surface area contributed by atoms with Gasteiger partial charge in [-0.05, 0) is 54.3 Å². The topological polar surface area (TPSA) is 58.2 Å². The summed E-state index contributed by atoms with van der Waals surface area (Å²) in [5.41, 5.74) is 2.26. The van der Waals surface area contributed by atoms with E-state index in [1.165, 1.54) is 4.88 Å². The largest absolute Gasteiger partial charge is 0.343 e. The third-order valence-corrected chi connectivity index (χ3v) is 6.63. The second-order valence-corrected chi connectivity index (χ2v) is 9.02. The fourth-order valence-electron chi connectivity index (χ4n) is 2.54. The summed E-state index contributed by atoms with van der Waals surface area (Å²) in [5, 5.41) is 7.58. The quantitative estimate of drug-likeness (QED) is 0.445. The first-order valence-corrected chi connectivity index (χ1v) is 11.3. The monoisotopic (exact) mass is 474 g/mol. The van der Waals surface area contributed by atoms with Crippen molar-refractivity contribution in [3.63, 3.8) is 0 Å². The molecule has 0 bridgehead atoms. The summed E-state index contributed by atoms with van der Waals surface area (Å²) >= 11 is 6.71. The Hall–Kier alpha value is -2.09. The molecule has 2 amide bonds. The van der Waals surface area contributed by atoms with E-state index < -0.39 is 0 Å². The van der Waals surface area contributed by atoms with E-state index in [9.17, 15) is 9.59 Å². The molecule has 0 aliphatic rings. The molecule has 0 saturated carbocycles. The van der Waals surface area contributed by atoms with Crippen LogP contribution in [0, 0.1) is 6.92 Å². The molecule has 0 spiro atoms. The highest BCUT2D eigenvalue weighted by Gasteiger charge is 2.13. The van der Waals surface area contributed by atoms with Crippen LogP contribution in [0.15, 0.2) is 69.3 Å². The molecule has 1 aromatic heterocycles. The molecule has 0 saturated heterocycles. The molecule has 28 heavy (non-hydrogen) atoms. The third kappa shape index (κ3) is 5.70. The number of thiophene rings is 1. The zero-order chi connectivity index (χ0) is 19.9. The lowest BCUT2D eigenvalue weighted by Gasteiger charge is -2.11. The molecule has 0 aliphatic carbocycles. The lowest BCUT2D eigenvalue weighted by atomic mass is 10.2. The number of halogens is 1. The van der Waals surface area contributed by atoms with Crippen molar-refractivity contribution in [3.8, 4) is 0 Å². The average Bonchev–Trinajstić information content (AvgIpc) is 3.20. The Morgan fingerprint density at radius 1 is 1.11 bits per heavy atom. The summed E-state index contributed by atoms with van der Waals surface area (Å²) in [5.74, 6) is 0.296. The number of hydrogen-bond acceptors (Lipinski definition) is 4. The van der Waals surface area contributed by atoms with Crippen LogP contribution in [0.25, 0.3) is 0 Å². The summed E-state index contributed by atoms with van der Waals surface area (Å²) in [7, 11) is 0. The fraction of sp³-hybridized carbons (Fsp3) is 0.143. The SMILES string of the molecule is Cc1cc(Br)ccc1NC(=O)CNC(=O)c1ccccc1SCc1cccs1. The molecule has 0 fully saturated rings. The van der Waals surface area contributed by atoms with Crippen LogP contribution in [0.2, 0.25) is 0 Å². The molecule has 2 aromatic carbocycles. The van der Waals surface area contributed by atoms with Crippen molar-refractivity contribution in [1.29, 1.82) is 0 Å². The Kier molecular flexibility index (Phi) is 7.30. The van der Waals surface area contributed by atoms with E-state index in [1.54, 1.807) is 29.2 Å². The van der Waals surface area contributed by atoms with Crippen molar-refractivity contribution in [3.05, 3.63) is 80.5 Å². The summed E-state index contributed by atoms with van der Waals surface area (Å²) < 4.78 is 0.952. The molecule has 0 radical (unpaired) electrons. The minimum Gasteiger partial charge on any atom is -0.343 e. The number of carbonyl (C=O) groups excluding carboxylic acids is 2. The number of benzene rings is 2. The predicted molar refractivity (Wildman–Crippen MR) is 120 cm³/mol. The Morgan fingerprint density at radius 2 is 1.93 bits per heavy atom. The fourth-order valence-corrected chi connectivity index (χ4v) is 4.84. The molecule has 1 heterocycles. The van der Waals surface area contributed by atoms with Gasteiger partial charge in [0.15, 0.2) is 0 Å². The van der Waals surface area contributed by atoms with E-state index in [0.717, 1.165) is 26.4 Å². The molecule has 3 aromatic rings. The van der Waals surface area contributed by atoms with E-state index in [4.69, 9.17) is 0 Å². The van der Waals surface area contributed by atoms with E-state index in [-0.39, 0.29) is 18.4 Å². The highest BCUT2D eigenvalue weighted by atomic mass is 79.9. The van der Waals surface area contributed by atoms with Gasteiger partial charge in [0.2, 0.25) is 5.91 Å². The van der Waals surface area contributed by atoms with Gasteiger partial charge in [-0.2, -0.15) is 0 Å². The molecule has 0 unspecified atom stereocenters. The number of anilines is 1. The van der Waals surface area contributed by atoms with Gasteiger partial charge >= 0.3 is 0 Å². The molecule has 3 rings (SSSR count). The van der Waals surface area contributed by atoms with Crippen LogP contribution in [0.5, 0.6) is 0 Å². The van der Waals surface area contributed by atoms with Gasteiger partial charge < -0.3 is 10.6 Å². The molecule has 0 aliphatic heterocycles. The normalized spacial score (nSPS) is 10.5. The first-order chi connectivity index (χ1) is 13.5. The number of hydrogen-bond donors (Lipinski definition) is 2. The first kappa shape index (κ1) is 20.6. The maximum atomic E-state index is 12.6. The van der Waals surface area contributed by atoms with Crippen LogP contribution in [0.4, 0.5) is 5.69 Å². The third-order valence-electron chi connectivity index (χ3n) is 3.95. The maximum Gasteiger partial charge on any atom is 0.252 e. The summed E-state index contributed by atoms with van der Waals surface area (Å²) in [6, 6.07) is 17.2. The van der Waals surface area contributed by atoms with Crippen molar-refractivity contribution in [2.45, 2.75) is 17.6 Å². The van der Waals surface area contributed by atoms with Gasteiger partial charge in [-0.15, -0.1) is 23.1 Å². The molecule has 144 valence electrons.